The highest BCUT2D eigenvalue weighted by atomic mass is 32.2. The van der Waals surface area contributed by atoms with E-state index in [1.165, 1.54) is 62.4 Å². The van der Waals surface area contributed by atoms with Gasteiger partial charge in [0.25, 0.3) is 0 Å². The van der Waals surface area contributed by atoms with Crippen LogP contribution in [0.1, 0.15) is 60.2 Å². The first-order valence-electron chi connectivity index (χ1n) is 10.2. The van der Waals surface area contributed by atoms with E-state index in [-0.39, 0.29) is 33.4 Å². The lowest BCUT2D eigenvalue weighted by atomic mass is 9.92. The van der Waals surface area contributed by atoms with Crippen molar-refractivity contribution < 1.29 is 26.4 Å². The molecule has 0 amide bonds. The van der Waals surface area contributed by atoms with Crippen LogP contribution in [0, 0.1) is 0 Å². The molecule has 172 valence electrons. The number of benzene rings is 2. The minimum atomic E-state index is -3.74. The van der Waals surface area contributed by atoms with Crippen LogP contribution in [0.3, 0.4) is 0 Å². The Bertz CT molecular complexity index is 1100. The van der Waals surface area contributed by atoms with Crippen molar-refractivity contribution >= 4 is 31.6 Å². The van der Waals surface area contributed by atoms with E-state index in [9.17, 15) is 26.4 Å². The van der Waals surface area contributed by atoms with Crippen molar-refractivity contribution in [3.05, 3.63) is 59.7 Å². The van der Waals surface area contributed by atoms with E-state index in [2.05, 4.69) is 9.44 Å². The summed E-state index contributed by atoms with van der Waals surface area (Å²) < 4.78 is 55.8. The number of carbonyl (C=O) groups excluding carboxylic acids is 2. The Labute approximate surface area is 188 Å². The topological polar surface area (TPSA) is 126 Å². The molecule has 0 radical (unpaired) electrons. The molecule has 0 atom stereocenters. The molecule has 3 rings (SSSR count). The van der Waals surface area contributed by atoms with Gasteiger partial charge in [0.1, 0.15) is 0 Å². The van der Waals surface area contributed by atoms with Crippen molar-refractivity contribution in [2.24, 2.45) is 0 Å². The van der Waals surface area contributed by atoms with E-state index in [4.69, 9.17) is 0 Å². The lowest BCUT2D eigenvalue weighted by Crippen LogP contribution is -2.43. The van der Waals surface area contributed by atoms with Crippen molar-refractivity contribution in [3.8, 4) is 0 Å². The first-order chi connectivity index (χ1) is 15.0. The SMILES string of the molecule is CC(=O)c1ccc(S(=O)(=O)NC2CCC(NS(=O)(=O)c3ccc(C(C)=O)cc3)CC2)cc1. The van der Waals surface area contributed by atoms with Gasteiger partial charge in [-0.2, -0.15) is 0 Å². The van der Waals surface area contributed by atoms with Gasteiger partial charge in [-0.05, 0) is 63.8 Å². The number of sulfonamides is 2. The fourth-order valence-electron chi connectivity index (χ4n) is 3.64. The molecule has 0 heterocycles. The van der Waals surface area contributed by atoms with Gasteiger partial charge in [0, 0.05) is 23.2 Å². The van der Waals surface area contributed by atoms with Gasteiger partial charge in [0.05, 0.1) is 9.79 Å². The maximum Gasteiger partial charge on any atom is 0.240 e. The van der Waals surface area contributed by atoms with Gasteiger partial charge >= 0.3 is 0 Å². The van der Waals surface area contributed by atoms with E-state index in [1.54, 1.807) is 0 Å². The predicted molar refractivity (Wildman–Crippen MR) is 120 cm³/mol. The Kier molecular flexibility index (Phi) is 7.29. The molecule has 1 saturated carbocycles. The smallest absolute Gasteiger partial charge is 0.240 e. The summed E-state index contributed by atoms with van der Waals surface area (Å²) in [5, 5.41) is 0. The van der Waals surface area contributed by atoms with Crippen molar-refractivity contribution in [1.82, 2.24) is 9.44 Å². The lowest BCUT2D eigenvalue weighted by molar-refractivity contribution is 0.100. The van der Waals surface area contributed by atoms with E-state index in [1.807, 2.05) is 0 Å². The first-order valence-corrected chi connectivity index (χ1v) is 13.2. The minimum absolute atomic E-state index is 0.0827. The van der Waals surface area contributed by atoms with E-state index < -0.39 is 20.0 Å². The summed E-state index contributed by atoms with van der Waals surface area (Å²) in [5.41, 5.74) is 0.875. The number of carbonyl (C=O) groups is 2. The van der Waals surface area contributed by atoms with Gasteiger partial charge in [0.15, 0.2) is 11.6 Å². The molecule has 2 aromatic carbocycles. The third kappa shape index (κ3) is 5.89. The molecule has 1 fully saturated rings. The number of hydrogen-bond donors (Lipinski definition) is 2. The molecule has 0 bridgehead atoms. The summed E-state index contributed by atoms with van der Waals surface area (Å²) in [6, 6.07) is 10.9. The van der Waals surface area contributed by atoms with Gasteiger partial charge in [-0.3, -0.25) is 9.59 Å². The third-order valence-corrected chi connectivity index (χ3v) is 8.59. The molecule has 2 aromatic rings. The summed E-state index contributed by atoms with van der Waals surface area (Å²) in [6.45, 7) is 2.82. The highest BCUT2D eigenvalue weighted by Gasteiger charge is 2.28. The normalized spacial score (nSPS) is 19.4. The van der Waals surface area contributed by atoms with Crippen LogP contribution in [-0.2, 0) is 20.0 Å². The number of Topliss-reactive ketones (excluding diaryl/α,β-unsaturated/α-hetero) is 2. The maximum absolute atomic E-state index is 12.6. The fourth-order valence-corrected chi connectivity index (χ4v) is 6.25. The molecule has 2 N–H and O–H groups in total. The number of nitrogens with one attached hydrogen (secondary N) is 2. The average Bonchev–Trinajstić information content (AvgIpc) is 2.75. The highest BCUT2D eigenvalue weighted by Crippen LogP contribution is 2.23. The predicted octanol–water partition coefficient (Wildman–Crippen LogP) is 2.66. The molecule has 0 spiro atoms. The van der Waals surface area contributed by atoms with Gasteiger partial charge in [-0.15, -0.1) is 0 Å². The lowest BCUT2D eigenvalue weighted by Gasteiger charge is -2.29. The van der Waals surface area contributed by atoms with Crippen molar-refractivity contribution in [3.63, 3.8) is 0 Å². The zero-order valence-corrected chi connectivity index (χ0v) is 19.5. The average molecular weight is 479 g/mol. The molecule has 1 aliphatic rings. The maximum atomic E-state index is 12.6. The largest absolute Gasteiger partial charge is 0.295 e. The standard InChI is InChI=1S/C22H26N2O6S2/c1-15(25)17-3-11-21(12-4-17)31(27,28)23-19-7-9-20(10-8-19)24-32(29,30)22-13-5-18(6-14-22)16(2)26/h3-6,11-14,19-20,23-24H,7-10H2,1-2H3. The van der Waals surface area contributed by atoms with Crippen LogP contribution in [0.25, 0.3) is 0 Å². The summed E-state index contributed by atoms with van der Waals surface area (Å²) in [5.74, 6) is -0.282. The second kappa shape index (κ2) is 9.62. The van der Waals surface area contributed by atoms with Gasteiger partial charge in [-0.1, -0.05) is 24.3 Å². The summed E-state index contributed by atoms with van der Waals surface area (Å²) in [4.78, 5) is 22.9. The molecule has 10 heteroatoms. The molecule has 1 aliphatic carbocycles. The van der Waals surface area contributed by atoms with E-state index in [0.29, 0.717) is 36.8 Å². The van der Waals surface area contributed by atoms with Crippen LogP contribution in [0.4, 0.5) is 0 Å². The quantitative estimate of drug-likeness (QED) is 0.562. The molecule has 0 aliphatic heterocycles. The van der Waals surface area contributed by atoms with Gasteiger partial charge < -0.3 is 0 Å². The molecular formula is C22H26N2O6S2. The summed E-state index contributed by atoms with van der Waals surface area (Å²) >= 11 is 0. The number of ketones is 2. The molecule has 0 unspecified atom stereocenters. The zero-order chi connectivity index (χ0) is 23.5. The second-order valence-electron chi connectivity index (χ2n) is 7.95. The fraction of sp³-hybridized carbons (Fsp3) is 0.364. The molecule has 0 saturated heterocycles. The summed E-state index contributed by atoms with van der Waals surface area (Å²) in [6.07, 6.45) is 1.95. The molecule has 32 heavy (non-hydrogen) atoms. The van der Waals surface area contributed by atoms with Crippen molar-refractivity contribution in [2.75, 3.05) is 0 Å². The Hall–Kier alpha value is -2.40. The third-order valence-electron chi connectivity index (χ3n) is 5.51. The molecule has 8 nitrogen and oxygen atoms in total. The van der Waals surface area contributed by atoms with Crippen LogP contribution in [0.15, 0.2) is 58.3 Å². The van der Waals surface area contributed by atoms with Crippen LogP contribution < -0.4 is 9.44 Å². The molecule has 0 aromatic heterocycles. The van der Waals surface area contributed by atoms with E-state index >= 15 is 0 Å². The Morgan fingerprint density at radius 2 is 0.906 bits per heavy atom. The number of rotatable bonds is 8. The Morgan fingerprint density at radius 3 is 1.16 bits per heavy atom. The van der Waals surface area contributed by atoms with Crippen LogP contribution in [0.5, 0.6) is 0 Å². The Morgan fingerprint density at radius 1 is 0.625 bits per heavy atom. The van der Waals surface area contributed by atoms with Crippen LogP contribution in [-0.4, -0.2) is 40.5 Å². The van der Waals surface area contributed by atoms with Crippen LogP contribution >= 0.6 is 0 Å². The number of hydrogen-bond acceptors (Lipinski definition) is 6. The molecular weight excluding hydrogens is 452 g/mol. The van der Waals surface area contributed by atoms with Gasteiger partial charge in [0.2, 0.25) is 20.0 Å². The first kappa shape index (κ1) is 24.2. The summed E-state index contributed by atoms with van der Waals surface area (Å²) in [7, 11) is -7.47. The van der Waals surface area contributed by atoms with E-state index in [0.717, 1.165) is 0 Å². The minimum Gasteiger partial charge on any atom is -0.295 e. The van der Waals surface area contributed by atoms with Crippen molar-refractivity contribution in [2.45, 2.75) is 61.4 Å². The monoisotopic (exact) mass is 478 g/mol. The van der Waals surface area contributed by atoms with Crippen LogP contribution in [0.2, 0.25) is 0 Å². The van der Waals surface area contributed by atoms with Gasteiger partial charge in [-0.25, -0.2) is 26.3 Å². The van der Waals surface area contributed by atoms with Crippen molar-refractivity contribution in [1.29, 1.82) is 0 Å². The Balaban J connectivity index is 1.57. The second-order valence-corrected chi connectivity index (χ2v) is 11.4. The highest BCUT2D eigenvalue weighted by molar-refractivity contribution is 7.89. The zero-order valence-electron chi connectivity index (χ0n) is 17.9.